The topological polar surface area (TPSA) is 64.2 Å². The van der Waals surface area contributed by atoms with E-state index in [1.54, 1.807) is 23.0 Å². The van der Waals surface area contributed by atoms with Gasteiger partial charge in [0.1, 0.15) is 23.3 Å². The van der Waals surface area contributed by atoms with Crippen molar-refractivity contribution in [3.63, 3.8) is 0 Å². The van der Waals surface area contributed by atoms with Crippen LogP contribution in [0.5, 0.6) is 0 Å². The van der Waals surface area contributed by atoms with E-state index in [1.807, 2.05) is 18.0 Å². The number of halogens is 1. The number of piperidine rings is 1. The highest BCUT2D eigenvalue weighted by Gasteiger charge is 2.33. The van der Waals surface area contributed by atoms with E-state index in [-0.39, 0.29) is 17.8 Å². The SMILES string of the molecule is CC(C)Cc1cc(C(=O)N2CCCC[C@@H]2c2ncc(Cc3ccc(F)cc3)o2)n(C)n1. The molecule has 1 fully saturated rings. The normalized spacial score (nSPS) is 16.8. The van der Waals surface area contributed by atoms with E-state index < -0.39 is 0 Å². The molecule has 6 nitrogen and oxygen atoms in total. The van der Waals surface area contributed by atoms with Gasteiger partial charge < -0.3 is 9.32 Å². The Morgan fingerprint density at radius 2 is 2.03 bits per heavy atom. The van der Waals surface area contributed by atoms with Gasteiger partial charge in [0.05, 0.1) is 11.9 Å². The number of likely N-dealkylation sites (tertiary alicyclic amines) is 1. The molecule has 0 aliphatic carbocycles. The molecular formula is C24H29FN4O2. The standard InChI is InChI=1S/C24H29FN4O2/c1-16(2)12-19-14-22(28(3)27-19)24(30)29-11-5-4-6-21(29)23-26-15-20(31-23)13-17-7-9-18(25)10-8-17/h7-10,14-16,21H,4-6,11-13H2,1-3H3/t21-/m1/s1. The molecule has 3 heterocycles. The predicted octanol–water partition coefficient (Wildman–Crippen LogP) is 4.70. The molecule has 31 heavy (non-hydrogen) atoms. The third-order valence-corrected chi connectivity index (χ3v) is 5.68. The molecule has 2 aromatic heterocycles. The Morgan fingerprint density at radius 3 is 2.77 bits per heavy atom. The fourth-order valence-corrected chi connectivity index (χ4v) is 4.19. The predicted molar refractivity (Wildman–Crippen MR) is 115 cm³/mol. The average molecular weight is 425 g/mol. The van der Waals surface area contributed by atoms with Gasteiger partial charge in [0.25, 0.3) is 5.91 Å². The lowest BCUT2D eigenvalue weighted by Crippen LogP contribution is -2.39. The minimum Gasteiger partial charge on any atom is -0.443 e. The number of aryl methyl sites for hydroxylation is 1. The number of amides is 1. The maximum absolute atomic E-state index is 13.4. The molecule has 1 aliphatic rings. The summed E-state index contributed by atoms with van der Waals surface area (Å²) in [6, 6.07) is 8.08. The highest BCUT2D eigenvalue weighted by atomic mass is 19.1. The summed E-state index contributed by atoms with van der Waals surface area (Å²) in [4.78, 5) is 19.8. The van der Waals surface area contributed by atoms with Crippen LogP contribution in [0.15, 0.2) is 40.9 Å². The van der Waals surface area contributed by atoms with Crippen molar-refractivity contribution < 1.29 is 13.6 Å². The lowest BCUT2D eigenvalue weighted by Gasteiger charge is -2.33. The number of hydrogen-bond acceptors (Lipinski definition) is 4. The molecule has 0 bridgehead atoms. The van der Waals surface area contributed by atoms with Crippen LogP contribution in [0.4, 0.5) is 4.39 Å². The van der Waals surface area contributed by atoms with E-state index in [2.05, 4.69) is 23.9 Å². The minimum atomic E-state index is -0.259. The number of hydrogen-bond donors (Lipinski definition) is 0. The van der Waals surface area contributed by atoms with Crippen molar-refractivity contribution in [1.29, 1.82) is 0 Å². The molecule has 0 unspecified atom stereocenters. The van der Waals surface area contributed by atoms with Crippen LogP contribution in [0.1, 0.15) is 72.5 Å². The van der Waals surface area contributed by atoms with Crippen LogP contribution >= 0.6 is 0 Å². The van der Waals surface area contributed by atoms with Gasteiger partial charge >= 0.3 is 0 Å². The zero-order chi connectivity index (χ0) is 22.0. The first kappa shape index (κ1) is 21.3. The summed E-state index contributed by atoms with van der Waals surface area (Å²) >= 11 is 0. The number of carbonyl (C=O) groups is 1. The molecule has 1 atom stereocenters. The van der Waals surface area contributed by atoms with E-state index in [1.165, 1.54) is 12.1 Å². The Bertz CT molecular complexity index is 1040. The van der Waals surface area contributed by atoms with Crippen LogP contribution in [-0.2, 0) is 19.9 Å². The monoisotopic (exact) mass is 424 g/mol. The van der Waals surface area contributed by atoms with Crippen molar-refractivity contribution in [2.75, 3.05) is 6.54 Å². The zero-order valence-corrected chi connectivity index (χ0v) is 18.3. The Kier molecular flexibility index (Phi) is 6.20. The first-order valence-electron chi connectivity index (χ1n) is 10.9. The minimum absolute atomic E-state index is 0.0343. The van der Waals surface area contributed by atoms with Gasteiger partial charge in [-0.2, -0.15) is 5.10 Å². The van der Waals surface area contributed by atoms with Gasteiger partial charge in [0.15, 0.2) is 0 Å². The smallest absolute Gasteiger partial charge is 0.272 e. The lowest BCUT2D eigenvalue weighted by atomic mass is 10.0. The summed E-state index contributed by atoms with van der Waals surface area (Å²) in [5.74, 6) is 1.46. The largest absolute Gasteiger partial charge is 0.443 e. The van der Waals surface area contributed by atoms with Gasteiger partial charge in [-0.15, -0.1) is 0 Å². The number of nitrogens with zero attached hydrogens (tertiary/aromatic N) is 4. The molecule has 3 aromatic rings. The Hall–Kier alpha value is -2.96. The van der Waals surface area contributed by atoms with E-state index in [9.17, 15) is 9.18 Å². The molecule has 0 saturated carbocycles. The Labute approximate surface area is 182 Å². The van der Waals surface area contributed by atoms with Crippen LogP contribution in [0.3, 0.4) is 0 Å². The first-order valence-corrected chi connectivity index (χ1v) is 10.9. The van der Waals surface area contributed by atoms with Gasteiger partial charge in [-0.25, -0.2) is 9.37 Å². The molecule has 4 rings (SSSR count). The molecule has 1 amide bonds. The number of benzene rings is 1. The van der Waals surface area contributed by atoms with Gasteiger partial charge in [0.2, 0.25) is 5.89 Å². The fraction of sp³-hybridized carbons (Fsp3) is 0.458. The molecule has 0 radical (unpaired) electrons. The molecule has 164 valence electrons. The van der Waals surface area contributed by atoms with Crippen molar-refractivity contribution in [2.45, 2.75) is 52.0 Å². The number of aromatic nitrogens is 3. The third-order valence-electron chi connectivity index (χ3n) is 5.68. The molecule has 1 saturated heterocycles. The highest BCUT2D eigenvalue weighted by molar-refractivity contribution is 5.93. The van der Waals surface area contributed by atoms with Crippen molar-refractivity contribution in [1.82, 2.24) is 19.7 Å². The summed E-state index contributed by atoms with van der Waals surface area (Å²) in [6.07, 6.45) is 5.89. The summed E-state index contributed by atoms with van der Waals surface area (Å²) in [6.45, 7) is 4.95. The van der Waals surface area contributed by atoms with Crippen LogP contribution in [-0.4, -0.2) is 32.1 Å². The molecule has 0 spiro atoms. The highest BCUT2D eigenvalue weighted by Crippen LogP contribution is 2.32. The van der Waals surface area contributed by atoms with Gasteiger partial charge in [-0.05, 0) is 55.4 Å². The fourth-order valence-electron chi connectivity index (χ4n) is 4.19. The van der Waals surface area contributed by atoms with E-state index in [4.69, 9.17) is 4.42 Å². The summed E-state index contributed by atoms with van der Waals surface area (Å²) in [5, 5.41) is 4.53. The van der Waals surface area contributed by atoms with Crippen molar-refractivity contribution >= 4 is 5.91 Å². The van der Waals surface area contributed by atoms with Crippen molar-refractivity contribution in [2.24, 2.45) is 13.0 Å². The number of rotatable bonds is 6. The Morgan fingerprint density at radius 1 is 1.26 bits per heavy atom. The van der Waals surface area contributed by atoms with E-state index in [0.29, 0.717) is 36.2 Å². The summed E-state index contributed by atoms with van der Waals surface area (Å²) in [7, 11) is 1.82. The van der Waals surface area contributed by atoms with Crippen LogP contribution in [0.25, 0.3) is 0 Å². The molecule has 1 aromatic carbocycles. The molecule has 0 N–H and O–H groups in total. The third kappa shape index (κ3) is 4.86. The van der Waals surface area contributed by atoms with Crippen LogP contribution in [0.2, 0.25) is 0 Å². The quantitative estimate of drug-likeness (QED) is 0.575. The first-order chi connectivity index (χ1) is 14.9. The van der Waals surface area contributed by atoms with Gasteiger partial charge in [-0.1, -0.05) is 26.0 Å². The van der Waals surface area contributed by atoms with E-state index in [0.717, 1.165) is 36.9 Å². The number of oxazole rings is 1. The summed E-state index contributed by atoms with van der Waals surface area (Å²) < 4.78 is 20.9. The maximum atomic E-state index is 13.4. The molecule has 7 heteroatoms. The van der Waals surface area contributed by atoms with Crippen LogP contribution < -0.4 is 0 Å². The van der Waals surface area contributed by atoms with Crippen molar-refractivity contribution in [3.8, 4) is 0 Å². The second kappa shape index (κ2) is 9.04. The van der Waals surface area contributed by atoms with Crippen LogP contribution in [0, 0.1) is 11.7 Å². The second-order valence-corrected chi connectivity index (χ2v) is 8.72. The molecule has 1 aliphatic heterocycles. The summed E-state index contributed by atoms with van der Waals surface area (Å²) in [5.41, 5.74) is 2.49. The lowest BCUT2D eigenvalue weighted by molar-refractivity contribution is 0.0558. The molecular weight excluding hydrogens is 395 g/mol. The second-order valence-electron chi connectivity index (χ2n) is 8.72. The van der Waals surface area contributed by atoms with Gasteiger partial charge in [0, 0.05) is 20.0 Å². The number of carbonyl (C=O) groups excluding carboxylic acids is 1. The maximum Gasteiger partial charge on any atom is 0.272 e. The average Bonchev–Trinajstić information content (AvgIpc) is 3.35. The van der Waals surface area contributed by atoms with E-state index >= 15 is 0 Å². The zero-order valence-electron chi connectivity index (χ0n) is 18.3. The van der Waals surface area contributed by atoms with Crippen molar-refractivity contribution in [3.05, 3.63) is 70.9 Å². The van der Waals surface area contributed by atoms with Gasteiger partial charge in [-0.3, -0.25) is 9.48 Å². The Balaban J connectivity index is 1.52.